The third kappa shape index (κ3) is 7.64. The fourth-order valence-corrected chi connectivity index (χ4v) is 9.27. The Hall–Kier alpha value is 0.274. The van der Waals surface area contributed by atoms with Gasteiger partial charge in [-0.1, -0.05) is 41.0 Å². The molecule has 0 amide bonds. The molecule has 0 radical (unpaired) electrons. The van der Waals surface area contributed by atoms with E-state index in [9.17, 15) is 10.2 Å². The maximum absolute atomic E-state index is 10.7. The van der Waals surface area contributed by atoms with Crippen molar-refractivity contribution in [2.45, 2.75) is 148 Å². The van der Waals surface area contributed by atoms with E-state index in [-0.39, 0.29) is 17.7 Å². The van der Waals surface area contributed by atoms with Gasteiger partial charge in [-0.2, -0.15) is 0 Å². The number of hydrogen-bond acceptors (Lipinski definition) is 4. The molecule has 0 aliphatic heterocycles. The Kier molecular flexibility index (Phi) is 9.82. The Morgan fingerprint density at radius 3 is 2.15 bits per heavy atom. The van der Waals surface area contributed by atoms with Gasteiger partial charge in [-0.3, -0.25) is 0 Å². The summed E-state index contributed by atoms with van der Waals surface area (Å²) in [4.78, 5) is 0. The fraction of sp³-hybridized carbons (Fsp3) is 1.00. The highest BCUT2D eigenvalue weighted by Gasteiger charge is 2.53. The summed E-state index contributed by atoms with van der Waals surface area (Å²) in [6.07, 6.45) is 9.51. The van der Waals surface area contributed by atoms with Gasteiger partial charge in [-0.05, 0) is 106 Å². The zero-order chi connectivity index (χ0) is 26.2. The molecule has 4 nitrogen and oxygen atoms in total. The topological polar surface area (TPSA) is 58.9 Å². The highest BCUT2D eigenvalue weighted by molar-refractivity contribution is 6.74. The Morgan fingerprint density at radius 2 is 1.62 bits per heavy atom. The van der Waals surface area contributed by atoms with E-state index in [1.54, 1.807) is 6.92 Å². The normalized spacial score (nSPS) is 32.2. The summed E-state index contributed by atoms with van der Waals surface area (Å²) < 4.78 is 13.5. The maximum atomic E-state index is 10.7. The molecule has 0 aromatic heterocycles. The van der Waals surface area contributed by atoms with E-state index in [2.05, 4.69) is 67.4 Å². The van der Waals surface area contributed by atoms with E-state index in [0.29, 0.717) is 29.8 Å². The summed E-state index contributed by atoms with van der Waals surface area (Å²) in [5.74, 6) is 2.07. The molecule has 2 fully saturated rings. The molecule has 2 aliphatic rings. The number of hydrogen-bond donors (Lipinski definition) is 2. The Labute approximate surface area is 213 Å². The van der Waals surface area contributed by atoms with Gasteiger partial charge in [0.25, 0.3) is 0 Å². The Bertz CT molecular complexity index is 652. The zero-order valence-corrected chi connectivity index (χ0v) is 26.5. The number of aliphatic hydroxyl groups is 2. The maximum Gasteiger partial charge on any atom is 0.192 e. The van der Waals surface area contributed by atoms with Crippen LogP contribution < -0.4 is 0 Å². The summed E-state index contributed by atoms with van der Waals surface area (Å²) in [6.45, 7) is 24.9. The van der Waals surface area contributed by atoms with Crippen LogP contribution in [0.25, 0.3) is 0 Å². The van der Waals surface area contributed by atoms with Crippen LogP contribution >= 0.6 is 0 Å². The standard InChI is InChI=1S/C28H58O4Si2/c1-21(14-15-22(19-27(5,30)20-29)31-34(10,11)26(2,3)4)23-16-17-24-25(32-33(7,8)9)13-12-18-28(23,24)6/h21-25,29-30H,12-20H2,1-11H3/t21-,22?,23-,24?,25?,27-,28+/m1/s1. The van der Waals surface area contributed by atoms with Crippen LogP contribution in [0.2, 0.25) is 37.8 Å². The molecule has 0 heterocycles. The van der Waals surface area contributed by atoms with Gasteiger partial charge in [0, 0.05) is 18.6 Å². The number of fused-ring (bicyclic) bond motifs is 1. The summed E-state index contributed by atoms with van der Waals surface area (Å²) >= 11 is 0. The molecule has 2 N–H and O–H groups in total. The summed E-state index contributed by atoms with van der Waals surface area (Å²) in [5.41, 5.74) is -0.708. The first-order valence-corrected chi connectivity index (χ1v) is 20.3. The van der Waals surface area contributed by atoms with Crippen molar-refractivity contribution < 1.29 is 19.1 Å². The van der Waals surface area contributed by atoms with Crippen molar-refractivity contribution in [3.63, 3.8) is 0 Å². The van der Waals surface area contributed by atoms with Crippen molar-refractivity contribution >= 4 is 16.6 Å². The minimum atomic E-state index is -1.96. The van der Waals surface area contributed by atoms with E-state index < -0.39 is 22.2 Å². The first-order valence-electron chi connectivity index (χ1n) is 14.0. The van der Waals surface area contributed by atoms with Crippen LogP contribution in [0.5, 0.6) is 0 Å². The number of rotatable bonds is 11. The predicted molar refractivity (Wildman–Crippen MR) is 149 cm³/mol. The van der Waals surface area contributed by atoms with Crippen molar-refractivity contribution in [3.8, 4) is 0 Å². The lowest BCUT2D eigenvalue weighted by atomic mass is 9.61. The molecule has 6 heteroatoms. The smallest absolute Gasteiger partial charge is 0.192 e. The SMILES string of the molecule is C[C@H](CCC(C[C@@](C)(O)CO)O[Si](C)(C)C(C)(C)C)[C@H]1CCC2C(O[Si](C)(C)C)CCC[C@]21C. The van der Waals surface area contributed by atoms with Gasteiger partial charge < -0.3 is 19.1 Å². The monoisotopic (exact) mass is 514 g/mol. The molecule has 0 aromatic carbocycles. The third-order valence-corrected chi connectivity index (χ3v) is 15.1. The molecule has 202 valence electrons. The molecule has 7 atom stereocenters. The largest absolute Gasteiger partial charge is 0.414 e. The van der Waals surface area contributed by atoms with Crippen molar-refractivity contribution in [2.75, 3.05) is 6.61 Å². The predicted octanol–water partition coefficient (Wildman–Crippen LogP) is 7.36. The molecule has 2 aliphatic carbocycles. The van der Waals surface area contributed by atoms with Gasteiger partial charge >= 0.3 is 0 Å². The van der Waals surface area contributed by atoms with Crippen LogP contribution in [0.3, 0.4) is 0 Å². The van der Waals surface area contributed by atoms with E-state index in [4.69, 9.17) is 8.85 Å². The molecule has 34 heavy (non-hydrogen) atoms. The zero-order valence-electron chi connectivity index (χ0n) is 24.5. The Morgan fingerprint density at radius 1 is 1.00 bits per heavy atom. The van der Waals surface area contributed by atoms with Crippen LogP contribution in [0.1, 0.15) is 92.9 Å². The minimum absolute atomic E-state index is 0.00942. The first-order chi connectivity index (χ1) is 15.3. The van der Waals surface area contributed by atoms with Crippen molar-refractivity contribution in [2.24, 2.45) is 23.2 Å². The van der Waals surface area contributed by atoms with Gasteiger partial charge in [0.05, 0.1) is 12.2 Å². The molecular weight excluding hydrogens is 456 g/mol. The van der Waals surface area contributed by atoms with Crippen molar-refractivity contribution in [3.05, 3.63) is 0 Å². The Balaban J connectivity index is 2.10. The van der Waals surface area contributed by atoms with Crippen molar-refractivity contribution in [1.82, 2.24) is 0 Å². The van der Waals surface area contributed by atoms with Gasteiger partial charge in [0.1, 0.15) is 0 Å². The lowest BCUT2D eigenvalue weighted by Crippen LogP contribution is -2.47. The summed E-state index contributed by atoms with van der Waals surface area (Å²) in [5, 5.41) is 20.5. The fourth-order valence-electron chi connectivity index (χ4n) is 6.69. The molecule has 0 bridgehead atoms. The molecule has 2 saturated carbocycles. The van der Waals surface area contributed by atoms with Crippen molar-refractivity contribution in [1.29, 1.82) is 0 Å². The van der Waals surface area contributed by atoms with Gasteiger partial charge in [-0.15, -0.1) is 0 Å². The molecule has 0 spiro atoms. The highest BCUT2D eigenvalue weighted by Crippen LogP contribution is 2.59. The van der Waals surface area contributed by atoms with Gasteiger partial charge in [0.15, 0.2) is 16.6 Å². The third-order valence-electron chi connectivity index (χ3n) is 9.55. The second kappa shape index (κ2) is 10.9. The highest BCUT2D eigenvalue weighted by atomic mass is 28.4. The molecule has 3 unspecified atom stereocenters. The van der Waals surface area contributed by atoms with Crippen LogP contribution in [0.4, 0.5) is 0 Å². The lowest BCUT2D eigenvalue weighted by molar-refractivity contribution is -0.0388. The lowest BCUT2D eigenvalue weighted by Gasteiger charge is -2.48. The van der Waals surface area contributed by atoms with E-state index >= 15 is 0 Å². The van der Waals surface area contributed by atoms with E-state index in [1.165, 1.54) is 32.1 Å². The van der Waals surface area contributed by atoms with Crippen LogP contribution in [0.15, 0.2) is 0 Å². The molecule has 0 aromatic rings. The van der Waals surface area contributed by atoms with Crippen LogP contribution in [0, 0.1) is 23.2 Å². The first kappa shape index (κ1) is 30.5. The van der Waals surface area contributed by atoms with E-state index in [1.807, 2.05) is 0 Å². The second-order valence-corrected chi connectivity index (χ2v) is 24.1. The van der Waals surface area contributed by atoms with Crippen LogP contribution in [-0.4, -0.2) is 51.3 Å². The minimum Gasteiger partial charge on any atom is -0.414 e. The van der Waals surface area contributed by atoms with Gasteiger partial charge in [-0.25, -0.2) is 0 Å². The molecular formula is C28H58O4Si2. The quantitative estimate of drug-likeness (QED) is 0.283. The van der Waals surface area contributed by atoms with Crippen LogP contribution in [-0.2, 0) is 8.85 Å². The molecule has 0 saturated heterocycles. The summed E-state index contributed by atoms with van der Waals surface area (Å²) in [7, 11) is -3.50. The average molecular weight is 515 g/mol. The number of aliphatic hydroxyl groups excluding tert-OH is 1. The van der Waals surface area contributed by atoms with Gasteiger partial charge in [0.2, 0.25) is 0 Å². The summed E-state index contributed by atoms with van der Waals surface area (Å²) in [6, 6.07) is 0. The average Bonchev–Trinajstić information content (AvgIpc) is 3.01. The second-order valence-electron chi connectivity index (χ2n) is 14.9. The molecule has 2 rings (SSSR count). The van der Waals surface area contributed by atoms with E-state index in [0.717, 1.165) is 18.8 Å².